The third kappa shape index (κ3) is 10.5. The molecule has 0 radical (unpaired) electrons. The van der Waals surface area contributed by atoms with Crippen molar-refractivity contribution in [2.75, 3.05) is 62.8 Å². The number of hydrogen-bond donors (Lipinski definition) is 2. The second kappa shape index (κ2) is 18.6. The van der Waals surface area contributed by atoms with Crippen molar-refractivity contribution in [2.24, 2.45) is 0 Å². The molecule has 0 saturated carbocycles. The van der Waals surface area contributed by atoms with Gasteiger partial charge in [-0.3, -0.25) is 19.8 Å². The number of carbonyl (C=O) groups excluding carboxylic acids is 1. The van der Waals surface area contributed by atoms with Crippen LogP contribution in [0.25, 0.3) is 11.1 Å². The van der Waals surface area contributed by atoms with Crippen molar-refractivity contribution in [3.63, 3.8) is 0 Å². The van der Waals surface area contributed by atoms with E-state index in [-0.39, 0.29) is 17.3 Å². The summed E-state index contributed by atoms with van der Waals surface area (Å²) >= 11 is 1.61. The molecular weight excluding hydrogens is 752 g/mol. The summed E-state index contributed by atoms with van der Waals surface area (Å²) in [5, 5.41) is 15.4. The van der Waals surface area contributed by atoms with Gasteiger partial charge in [0.05, 0.1) is 15.5 Å². The van der Waals surface area contributed by atoms with Gasteiger partial charge in [0, 0.05) is 61.0 Å². The second-order valence-electron chi connectivity index (χ2n) is 13.9. The Kier molecular flexibility index (Phi) is 13.4. The minimum absolute atomic E-state index is 0.160. The van der Waals surface area contributed by atoms with Gasteiger partial charge in [-0.05, 0) is 86.2 Å². The molecule has 1 atom stereocenters. The Labute approximate surface area is 331 Å². The topological polar surface area (TPSA) is 128 Å². The van der Waals surface area contributed by atoms with Gasteiger partial charge < -0.3 is 15.1 Å². The molecule has 1 saturated heterocycles. The van der Waals surface area contributed by atoms with Gasteiger partial charge in [-0.1, -0.05) is 72.8 Å². The molecule has 11 nitrogen and oxygen atoms in total. The molecule has 1 amide bonds. The maximum atomic E-state index is 15.5. The van der Waals surface area contributed by atoms with E-state index in [2.05, 4.69) is 34.5 Å². The molecule has 56 heavy (non-hydrogen) atoms. The van der Waals surface area contributed by atoms with Crippen LogP contribution < -0.4 is 14.9 Å². The van der Waals surface area contributed by atoms with Crippen LogP contribution in [0.2, 0.25) is 0 Å². The zero-order valence-electron chi connectivity index (χ0n) is 31.3. The van der Waals surface area contributed by atoms with Crippen molar-refractivity contribution in [1.29, 1.82) is 0 Å². The minimum Gasteiger partial charge on any atom is -0.376 e. The Morgan fingerprint density at radius 1 is 0.893 bits per heavy atom. The van der Waals surface area contributed by atoms with E-state index in [1.54, 1.807) is 11.8 Å². The number of nitro benzene ring substituents is 1. The number of rotatable bonds is 16. The van der Waals surface area contributed by atoms with Crippen molar-refractivity contribution in [3.8, 4) is 11.1 Å². The normalized spacial score (nSPS) is 14.0. The van der Waals surface area contributed by atoms with Crippen LogP contribution in [0.15, 0.2) is 131 Å². The molecule has 0 spiro atoms. The van der Waals surface area contributed by atoms with Gasteiger partial charge in [0.15, 0.2) is 0 Å². The fourth-order valence-electron chi connectivity index (χ4n) is 6.59. The summed E-state index contributed by atoms with van der Waals surface area (Å²) in [5.41, 5.74) is 3.38. The number of nitro groups is 1. The number of nitrogens with one attached hydrogen (secondary N) is 2. The number of piperazine rings is 1. The van der Waals surface area contributed by atoms with Crippen molar-refractivity contribution >= 4 is 44.8 Å². The maximum absolute atomic E-state index is 15.5. The Morgan fingerprint density at radius 2 is 1.57 bits per heavy atom. The first-order chi connectivity index (χ1) is 27.0. The molecule has 2 N–H and O–H groups in total. The summed E-state index contributed by atoms with van der Waals surface area (Å²) in [7, 11) is -0.671. The number of halogens is 1. The molecule has 1 aliphatic heterocycles. The molecule has 1 heterocycles. The average molecular weight is 797 g/mol. The van der Waals surface area contributed by atoms with Gasteiger partial charge in [-0.15, -0.1) is 11.8 Å². The number of amides is 1. The molecule has 6 rings (SSSR count). The highest BCUT2D eigenvalue weighted by Crippen LogP contribution is 2.31. The van der Waals surface area contributed by atoms with E-state index < -0.39 is 37.3 Å². The highest BCUT2D eigenvalue weighted by Gasteiger charge is 2.27. The predicted molar refractivity (Wildman–Crippen MR) is 221 cm³/mol. The van der Waals surface area contributed by atoms with Crippen LogP contribution in [0.1, 0.15) is 22.3 Å². The van der Waals surface area contributed by atoms with Crippen LogP contribution in [-0.2, 0) is 16.6 Å². The summed E-state index contributed by atoms with van der Waals surface area (Å²) in [5.74, 6) is -1.09. The van der Waals surface area contributed by atoms with E-state index in [1.165, 1.54) is 35.4 Å². The summed E-state index contributed by atoms with van der Waals surface area (Å²) < 4.78 is 44.1. The SMILES string of the molecule is CN(C)CC[C@H](CSc1ccccc1)Nc1ccc(S(=O)(=O)NC(=O)c2ccc(N3CCN(Cc4ccccc4-c4ccccc4)CC3)c(F)c2)cc1[N+](=O)[O-]. The monoisotopic (exact) mass is 796 g/mol. The van der Waals surface area contributed by atoms with Crippen molar-refractivity contribution in [1.82, 2.24) is 14.5 Å². The Morgan fingerprint density at radius 3 is 2.25 bits per heavy atom. The lowest BCUT2D eigenvalue weighted by Crippen LogP contribution is -2.46. The molecule has 5 aromatic carbocycles. The fourth-order valence-corrected chi connectivity index (χ4v) is 8.57. The number of thioether (sulfide) groups is 1. The van der Waals surface area contributed by atoms with Crippen LogP contribution in [0.4, 0.5) is 21.5 Å². The van der Waals surface area contributed by atoms with Crippen molar-refractivity contribution in [3.05, 3.63) is 148 Å². The lowest BCUT2D eigenvalue weighted by molar-refractivity contribution is -0.384. The third-order valence-electron chi connectivity index (χ3n) is 9.60. The van der Waals surface area contributed by atoms with E-state index in [0.29, 0.717) is 44.0 Å². The Bertz CT molecular complexity index is 2240. The van der Waals surface area contributed by atoms with Crippen LogP contribution >= 0.6 is 11.8 Å². The van der Waals surface area contributed by atoms with Gasteiger partial charge in [-0.25, -0.2) is 17.5 Å². The molecule has 292 valence electrons. The van der Waals surface area contributed by atoms with E-state index >= 15 is 4.39 Å². The summed E-state index contributed by atoms with van der Waals surface area (Å²) in [6.07, 6.45) is 0.676. The number of carbonyl (C=O) groups is 1. The van der Waals surface area contributed by atoms with Crippen LogP contribution in [0.5, 0.6) is 0 Å². The van der Waals surface area contributed by atoms with Gasteiger partial charge >= 0.3 is 0 Å². The van der Waals surface area contributed by atoms with E-state index in [0.717, 1.165) is 35.7 Å². The van der Waals surface area contributed by atoms with E-state index in [9.17, 15) is 23.3 Å². The first kappa shape index (κ1) is 40.4. The summed E-state index contributed by atoms with van der Waals surface area (Å²) in [6, 6.07) is 35.5. The molecule has 0 bridgehead atoms. The van der Waals surface area contributed by atoms with Crippen molar-refractivity contribution < 1.29 is 22.5 Å². The fraction of sp³-hybridized carbons (Fsp3) is 0.262. The Balaban J connectivity index is 1.08. The number of nitrogens with zero attached hydrogens (tertiary/aromatic N) is 4. The van der Waals surface area contributed by atoms with Gasteiger partial charge in [0.25, 0.3) is 21.6 Å². The lowest BCUT2D eigenvalue weighted by atomic mass is 9.99. The van der Waals surface area contributed by atoms with E-state index in [1.807, 2.05) is 89.3 Å². The first-order valence-corrected chi connectivity index (χ1v) is 20.8. The van der Waals surface area contributed by atoms with Crippen LogP contribution in [-0.4, -0.2) is 87.7 Å². The number of sulfonamides is 1. The highest BCUT2D eigenvalue weighted by molar-refractivity contribution is 7.99. The van der Waals surface area contributed by atoms with E-state index in [4.69, 9.17) is 0 Å². The largest absolute Gasteiger partial charge is 0.376 e. The second-order valence-corrected chi connectivity index (χ2v) is 16.7. The number of anilines is 2. The zero-order chi connectivity index (χ0) is 39.7. The molecule has 14 heteroatoms. The molecule has 1 fully saturated rings. The van der Waals surface area contributed by atoms with Crippen LogP contribution in [0.3, 0.4) is 0 Å². The predicted octanol–water partition coefficient (Wildman–Crippen LogP) is 7.37. The van der Waals surface area contributed by atoms with Gasteiger partial charge in [0.2, 0.25) is 0 Å². The molecule has 5 aromatic rings. The third-order valence-corrected chi connectivity index (χ3v) is 12.1. The summed E-state index contributed by atoms with van der Waals surface area (Å²) in [4.78, 5) is 31.5. The molecule has 0 unspecified atom stereocenters. The highest BCUT2D eigenvalue weighted by atomic mass is 32.2. The molecule has 0 aliphatic carbocycles. The average Bonchev–Trinajstić information content (AvgIpc) is 3.20. The van der Waals surface area contributed by atoms with Crippen LogP contribution in [0, 0.1) is 15.9 Å². The minimum atomic E-state index is -4.55. The smallest absolute Gasteiger partial charge is 0.293 e. The Hall–Kier alpha value is -5.28. The van der Waals surface area contributed by atoms with Gasteiger partial charge in [0.1, 0.15) is 11.5 Å². The molecule has 0 aromatic heterocycles. The number of benzene rings is 5. The first-order valence-electron chi connectivity index (χ1n) is 18.3. The molecule has 1 aliphatic rings. The zero-order valence-corrected chi connectivity index (χ0v) is 32.9. The quantitative estimate of drug-likeness (QED) is 0.0594. The molecular formula is C42H45FN6O5S2. The van der Waals surface area contributed by atoms with Crippen molar-refractivity contribution in [2.45, 2.75) is 28.8 Å². The van der Waals surface area contributed by atoms with Gasteiger partial charge in [-0.2, -0.15) is 0 Å². The summed E-state index contributed by atoms with van der Waals surface area (Å²) in [6.45, 7) is 4.01. The maximum Gasteiger partial charge on any atom is 0.293 e. The lowest BCUT2D eigenvalue weighted by Gasteiger charge is -2.36. The standard InChI is InChI=1S/C42H45FN6O5S2/c1-46(2)22-21-34(30-55-35-14-7-4-8-15-35)44-39-19-18-36(28-41(39)49(51)52)56(53,54)45-42(50)32-17-20-40(38(43)27-32)48-25-23-47(24-26-48)29-33-13-9-10-16-37(33)31-11-5-3-6-12-31/h3-20,27-28,34,44H,21-26,29-30H2,1-2H3,(H,45,50)/t34-/m1/s1. The number of hydrogen-bond acceptors (Lipinski definition) is 10.